The zero-order valence-electron chi connectivity index (χ0n) is 18.6. The lowest BCUT2D eigenvalue weighted by Gasteiger charge is -2.41. The summed E-state index contributed by atoms with van der Waals surface area (Å²) in [6.07, 6.45) is 0.701. The molecule has 0 aromatic heterocycles. The van der Waals surface area contributed by atoms with E-state index in [2.05, 4.69) is 5.32 Å². The van der Waals surface area contributed by atoms with E-state index in [9.17, 15) is 14.4 Å². The van der Waals surface area contributed by atoms with Gasteiger partial charge in [0.15, 0.2) is 0 Å². The van der Waals surface area contributed by atoms with E-state index in [4.69, 9.17) is 0 Å². The normalized spacial score (nSPS) is 20.3. The molecule has 3 aromatic carbocycles. The van der Waals surface area contributed by atoms with E-state index >= 15 is 0 Å². The number of nitrogens with zero attached hydrogens (tertiary/aromatic N) is 2. The number of nitrogens with one attached hydrogen (secondary N) is 1. The van der Waals surface area contributed by atoms with E-state index < -0.39 is 17.9 Å². The van der Waals surface area contributed by atoms with Crippen LogP contribution in [-0.2, 0) is 4.79 Å². The van der Waals surface area contributed by atoms with Gasteiger partial charge in [0.25, 0.3) is 11.8 Å². The van der Waals surface area contributed by atoms with Crippen LogP contribution < -0.4 is 10.2 Å². The maximum Gasteiger partial charge on any atom is 0.262 e. The van der Waals surface area contributed by atoms with Crippen molar-refractivity contribution in [2.45, 2.75) is 38.4 Å². The summed E-state index contributed by atoms with van der Waals surface area (Å²) in [4.78, 5) is 42.4. The Morgan fingerprint density at radius 2 is 1.45 bits per heavy atom. The summed E-state index contributed by atoms with van der Waals surface area (Å²) in [5.74, 6) is -1.10. The Morgan fingerprint density at radius 3 is 2.12 bits per heavy atom. The predicted octanol–water partition coefficient (Wildman–Crippen LogP) is 4.65. The first-order valence-electron chi connectivity index (χ1n) is 11.2. The lowest BCUT2D eigenvalue weighted by molar-refractivity contribution is -0.122. The minimum atomic E-state index is -0.911. The van der Waals surface area contributed by atoms with Crippen LogP contribution in [0.25, 0.3) is 0 Å². The van der Waals surface area contributed by atoms with Crippen molar-refractivity contribution in [3.05, 3.63) is 95.6 Å². The second-order valence-electron chi connectivity index (χ2n) is 8.62. The van der Waals surface area contributed by atoms with Crippen molar-refractivity contribution in [2.24, 2.45) is 0 Å². The number of para-hydroxylation sites is 2. The molecule has 166 valence electrons. The topological polar surface area (TPSA) is 69.7 Å². The number of hydrogen-bond donors (Lipinski definition) is 1. The number of carbonyl (C=O) groups is 3. The Bertz CT molecular complexity index is 1210. The molecule has 0 radical (unpaired) electrons. The maximum absolute atomic E-state index is 13.7. The van der Waals surface area contributed by atoms with E-state index in [0.29, 0.717) is 17.5 Å². The molecule has 2 aliphatic heterocycles. The van der Waals surface area contributed by atoms with Gasteiger partial charge in [0.1, 0.15) is 6.04 Å². The van der Waals surface area contributed by atoms with Crippen molar-refractivity contribution in [1.82, 2.24) is 4.90 Å². The molecule has 6 nitrogen and oxygen atoms in total. The molecular formula is C27H25N3O3. The van der Waals surface area contributed by atoms with Gasteiger partial charge in [-0.25, -0.2) is 0 Å². The lowest BCUT2D eigenvalue weighted by Crippen LogP contribution is -2.54. The van der Waals surface area contributed by atoms with Crippen LogP contribution in [0.2, 0.25) is 0 Å². The molecule has 3 atom stereocenters. The molecule has 0 aliphatic carbocycles. The Hall–Kier alpha value is -3.93. The highest BCUT2D eigenvalue weighted by Crippen LogP contribution is 2.39. The minimum Gasteiger partial charge on any atom is -0.378 e. The molecule has 2 aliphatic rings. The predicted molar refractivity (Wildman–Crippen MR) is 127 cm³/mol. The Balaban J connectivity index is 1.45. The fourth-order valence-electron chi connectivity index (χ4n) is 4.89. The second kappa shape index (κ2) is 8.20. The van der Waals surface area contributed by atoms with Crippen LogP contribution >= 0.6 is 0 Å². The van der Waals surface area contributed by atoms with Gasteiger partial charge in [-0.05, 0) is 56.2 Å². The van der Waals surface area contributed by atoms with E-state index in [-0.39, 0.29) is 18.0 Å². The average Bonchev–Trinajstić information content (AvgIpc) is 3.09. The summed E-state index contributed by atoms with van der Waals surface area (Å²) in [6, 6.07) is 23.5. The van der Waals surface area contributed by atoms with Gasteiger partial charge >= 0.3 is 0 Å². The Morgan fingerprint density at radius 1 is 0.879 bits per heavy atom. The molecule has 3 aromatic rings. The fourth-order valence-corrected chi connectivity index (χ4v) is 4.89. The number of amides is 3. The first-order valence-corrected chi connectivity index (χ1v) is 11.2. The molecule has 3 amide bonds. The quantitative estimate of drug-likeness (QED) is 0.601. The number of imide groups is 1. The van der Waals surface area contributed by atoms with Gasteiger partial charge in [-0.3, -0.25) is 19.3 Å². The van der Waals surface area contributed by atoms with Crippen molar-refractivity contribution in [1.29, 1.82) is 0 Å². The smallest absolute Gasteiger partial charge is 0.262 e. The first-order chi connectivity index (χ1) is 16.0. The molecule has 33 heavy (non-hydrogen) atoms. The molecule has 0 saturated carbocycles. The van der Waals surface area contributed by atoms with Crippen molar-refractivity contribution in [2.75, 3.05) is 10.2 Å². The molecule has 6 heteroatoms. The Kier molecular flexibility index (Phi) is 5.21. The molecule has 0 fully saturated rings. The Labute approximate surface area is 192 Å². The molecule has 1 N–H and O–H groups in total. The van der Waals surface area contributed by atoms with Gasteiger partial charge in [-0.2, -0.15) is 0 Å². The molecule has 2 heterocycles. The largest absolute Gasteiger partial charge is 0.378 e. The van der Waals surface area contributed by atoms with Gasteiger partial charge in [-0.1, -0.05) is 48.5 Å². The fraction of sp³-hybridized carbons (Fsp3) is 0.222. The molecule has 5 rings (SSSR count). The van der Waals surface area contributed by atoms with Crippen molar-refractivity contribution in [3.8, 4) is 0 Å². The van der Waals surface area contributed by atoms with E-state index in [1.807, 2.05) is 61.5 Å². The summed E-state index contributed by atoms with van der Waals surface area (Å²) in [5, 5.41) is 3.58. The molecule has 0 bridgehead atoms. The molecule has 0 spiro atoms. The average molecular weight is 440 g/mol. The van der Waals surface area contributed by atoms with Crippen LogP contribution in [0.3, 0.4) is 0 Å². The van der Waals surface area contributed by atoms with Crippen LogP contribution in [0, 0.1) is 0 Å². The summed E-state index contributed by atoms with van der Waals surface area (Å²) >= 11 is 0. The highest BCUT2D eigenvalue weighted by molar-refractivity contribution is 6.23. The zero-order valence-corrected chi connectivity index (χ0v) is 18.6. The van der Waals surface area contributed by atoms with Gasteiger partial charge in [0, 0.05) is 17.4 Å². The van der Waals surface area contributed by atoms with E-state index in [0.717, 1.165) is 21.8 Å². The van der Waals surface area contributed by atoms with Crippen LogP contribution in [0.5, 0.6) is 0 Å². The monoisotopic (exact) mass is 439 g/mol. The number of benzene rings is 3. The van der Waals surface area contributed by atoms with Crippen LogP contribution in [0.15, 0.2) is 78.9 Å². The molecule has 0 saturated heterocycles. The first kappa shape index (κ1) is 20.9. The van der Waals surface area contributed by atoms with Gasteiger partial charge in [0.2, 0.25) is 5.91 Å². The van der Waals surface area contributed by atoms with E-state index in [1.165, 1.54) is 0 Å². The summed E-state index contributed by atoms with van der Waals surface area (Å²) in [6.45, 7) is 3.64. The van der Waals surface area contributed by atoms with Crippen molar-refractivity contribution < 1.29 is 14.4 Å². The third kappa shape index (κ3) is 3.48. The molecular weight excluding hydrogens is 414 g/mol. The maximum atomic E-state index is 13.7. The number of fused-ring (bicyclic) bond motifs is 2. The van der Waals surface area contributed by atoms with Crippen LogP contribution in [0.1, 0.15) is 52.6 Å². The van der Waals surface area contributed by atoms with Crippen LogP contribution in [0.4, 0.5) is 11.4 Å². The van der Waals surface area contributed by atoms with Gasteiger partial charge in [-0.15, -0.1) is 0 Å². The second-order valence-corrected chi connectivity index (χ2v) is 8.62. The summed E-state index contributed by atoms with van der Waals surface area (Å²) in [7, 11) is 0. The zero-order chi connectivity index (χ0) is 23.1. The third-order valence-corrected chi connectivity index (χ3v) is 6.51. The number of anilines is 2. The summed E-state index contributed by atoms with van der Waals surface area (Å²) in [5.41, 5.74) is 3.53. The van der Waals surface area contributed by atoms with Gasteiger partial charge < -0.3 is 10.2 Å². The van der Waals surface area contributed by atoms with Crippen LogP contribution in [-0.4, -0.2) is 34.7 Å². The third-order valence-electron chi connectivity index (χ3n) is 6.51. The minimum absolute atomic E-state index is 0.0391. The standard InChI is InChI=1S/C27H25N3O3/c1-17-16-23(28-19-10-4-3-5-11-19)22-14-8-9-15-24(22)29(17)25(31)18(2)30-26(32)20-12-6-7-13-21(20)27(30)33/h3-15,17-18,23,28H,16H2,1-2H3/t17-,18+,23-/m0/s1. The molecule has 0 unspecified atom stereocenters. The van der Waals surface area contributed by atoms with Gasteiger partial charge in [0.05, 0.1) is 17.2 Å². The number of hydrogen-bond acceptors (Lipinski definition) is 4. The SMILES string of the molecule is C[C@H](C(=O)N1c2ccccc2[C@@H](Nc2ccccc2)C[C@@H]1C)N1C(=O)c2ccccc2C1=O. The highest BCUT2D eigenvalue weighted by Gasteiger charge is 2.44. The van der Waals surface area contributed by atoms with Crippen molar-refractivity contribution >= 4 is 29.1 Å². The number of carbonyl (C=O) groups excluding carboxylic acids is 3. The number of rotatable bonds is 4. The summed E-state index contributed by atoms with van der Waals surface area (Å²) < 4.78 is 0. The van der Waals surface area contributed by atoms with E-state index in [1.54, 1.807) is 36.1 Å². The lowest BCUT2D eigenvalue weighted by atomic mass is 9.90. The van der Waals surface area contributed by atoms with Crippen molar-refractivity contribution in [3.63, 3.8) is 0 Å². The highest BCUT2D eigenvalue weighted by atomic mass is 16.2.